The van der Waals surface area contributed by atoms with Gasteiger partial charge in [0, 0.05) is 0 Å². The van der Waals surface area contributed by atoms with E-state index in [1.165, 1.54) is 12.1 Å². The van der Waals surface area contributed by atoms with Crippen LogP contribution in [0.1, 0.15) is 22.0 Å². The molecule has 0 saturated heterocycles. The third-order valence-corrected chi connectivity index (χ3v) is 2.91. The van der Waals surface area contributed by atoms with Crippen molar-refractivity contribution in [1.29, 1.82) is 0 Å². The van der Waals surface area contributed by atoms with Gasteiger partial charge in [-0.3, -0.25) is 4.79 Å². The van der Waals surface area contributed by atoms with Gasteiger partial charge in [-0.05, 0) is 17.7 Å². The van der Waals surface area contributed by atoms with E-state index >= 15 is 0 Å². The average Bonchev–Trinajstić information content (AvgIpc) is 2.45. The highest BCUT2D eigenvalue weighted by atomic mass is 19.1. The van der Waals surface area contributed by atoms with Crippen LogP contribution in [0.15, 0.2) is 48.5 Å². The molecule has 0 saturated carbocycles. The normalized spacial score (nSPS) is 11.9. The van der Waals surface area contributed by atoms with Gasteiger partial charge < -0.3 is 15.5 Å². The van der Waals surface area contributed by atoms with Crippen molar-refractivity contribution in [2.75, 3.05) is 6.61 Å². The number of carbonyl (C=O) groups excluding carboxylic acids is 1. The van der Waals surface area contributed by atoms with Gasteiger partial charge in [-0.15, -0.1) is 0 Å². The highest BCUT2D eigenvalue weighted by molar-refractivity contribution is 5.97. The quantitative estimate of drug-likeness (QED) is 0.799. The van der Waals surface area contributed by atoms with Crippen LogP contribution in [0.4, 0.5) is 4.39 Å². The van der Waals surface area contributed by atoms with E-state index < -0.39 is 29.1 Å². The van der Waals surface area contributed by atoms with Crippen molar-refractivity contribution in [2.45, 2.75) is 6.04 Å². The summed E-state index contributed by atoms with van der Waals surface area (Å²) in [5.74, 6) is -2.02. The van der Waals surface area contributed by atoms with Gasteiger partial charge in [0.2, 0.25) is 0 Å². The minimum Gasteiger partial charge on any atom is -0.507 e. The monoisotopic (exact) mass is 275 g/mol. The van der Waals surface area contributed by atoms with Crippen molar-refractivity contribution in [3.05, 3.63) is 65.5 Å². The van der Waals surface area contributed by atoms with E-state index in [4.69, 9.17) is 0 Å². The molecule has 2 aromatic rings. The molecule has 3 N–H and O–H groups in total. The summed E-state index contributed by atoms with van der Waals surface area (Å²) in [6.45, 7) is -0.328. The molecule has 0 radical (unpaired) electrons. The minimum atomic E-state index is -0.813. The maximum absolute atomic E-state index is 13.6. The zero-order valence-electron chi connectivity index (χ0n) is 10.6. The Hall–Kier alpha value is -2.40. The van der Waals surface area contributed by atoms with Crippen LogP contribution in [0, 0.1) is 5.82 Å². The maximum atomic E-state index is 13.6. The van der Waals surface area contributed by atoms with Gasteiger partial charge in [-0.1, -0.05) is 36.4 Å². The lowest BCUT2D eigenvalue weighted by atomic mass is 10.1. The van der Waals surface area contributed by atoms with Gasteiger partial charge in [0.25, 0.3) is 5.91 Å². The summed E-state index contributed by atoms with van der Waals surface area (Å²) >= 11 is 0. The predicted molar refractivity (Wildman–Crippen MR) is 71.8 cm³/mol. The Labute approximate surface area is 115 Å². The molecule has 0 unspecified atom stereocenters. The number of aromatic hydroxyl groups is 1. The number of rotatable bonds is 4. The van der Waals surface area contributed by atoms with Gasteiger partial charge in [0.15, 0.2) is 0 Å². The van der Waals surface area contributed by atoms with E-state index in [2.05, 4.69) is 5.32 Å². The first-order valence-electron chi connectivity index (χ1n) is 6.07. The number of hydrogen-bond donors (Lipinski definition) is 3. The van der Waals surface area contributed by atoms with Crippen LogP contribution >= 0.6 is 0 Å². The fourth-order valence-corrected chi connectivity index (χ4v) is 1.89. The summed E-state index contributed by atoms with van der Waals surface area (Å²) in [6, 6.07) is 11.8. The third-order valence-electron chi connectivity index (χ3n) is 2.91. The third kappa shape index (κ3) is 2.95. The van der Waals surface area contributed by atoms with E-state index in [1.54, 1.807) is 24.3 Å². The molecule has 4 nitrogen and oxygen atoms in total. The number of amides is 1. The Morgan fingerprint density at radius 3 is 2.45 bits per heavy atom. The smallest absolute Gasteiger partial charge is 0.258 e. The molecule has 0 aliphatic rings. The predicted octanol–water partition coefficient (Wildman–Crippen LogP) is 1.99. The second-order valence-corrected chi connectivity index (χ2v) is 4.25. The van der Waals surface area contributed by atoms with Crippen LogP contribution in [0.3, 0.4) is 0 Å². The number of nitrogens with one attached hydrogen (secondary N) is 1. The molecule has 1 amide bonds. The largest absolute Gasteiger partial charge is 0.507 e. The molecule has 0 heterocycles. The Morgan fingerprint density at radius 2 is 1.85 bits per heavy atom. The summed E-state index contributed by atoms with van der Waals surface area (Å²) in [4.78, 5) is 12.0. The Kier molecular flexibility index (Phi) is 4.32. The van der Waals surface area contributed by atoms with Crippen LogP contribution < -0.4 is 5.32 Å². The zero-order chi connectivity index (χ0) is 14.5. The Morgan fingerprint density at radius 1 is 1.15 bits per heavy atom. The number of aliphatic hydroxyl groups is 1. The summed E-state index contributed by atoms with van der Waals surface area (Å²) < 4.78 is 13.6. The van der Waals surface area contributed by atoms with E-state index in [0.29, 0.717) is 5.56 Å². The Bertz CT molecular complexity index is 581. The lowest BCUT2D eigenvalue weighted by molar-refractivity contribution is 0.0909. The molecule has 0 aromatic heterocycles. The van der Waals surface area contributed by atoms with E-state index in [1.807, 2.05) is 6.07 Å². The summed E-state index contributed by atoms with van der Waals surface area (Å²) in [5.41, 5.74) is 0.265. The lowest BCUT2D eigenvalue weighted by Crippen LogP contribution is -2.31. The topological polar surface area (TPSA) is 69.6 Å². The number of benzene rings is 2. The molecule has 0 aliphatic heterocycles. The SMILES string of the molecule is O=C(N[C@@H](CO)c1ccccc1)c1c(O)cccc1F. The molecule has 1 atom stereocenters. The number of halogens is 1. The molecule has 0 fully saturated rings. The summed E-state index contributed by atoms with van der Waals surface area (Å²) in [5, 5.41) is 21.4. The van der Waals surface area contributed by atoms with E-state index in [-0.39, 0.29) is 6.61 Å². The highest BCUT2D eigenvalue weighted by Crippen LogP contribution is 2.21. The number of carbonyl (C=O) groups is 1. The van der Waals surface area contributed by atoms with Crippen molar-refractivity contribution < 1.29 is 19.4 Å². The second kappa shape index (κ2) is 6.16. The number of phenolic OH excluding ortho intramolecular Hbond substituents is 1. The van der Waals surface area contributed by atoms with Crippen LogP contribution in [0.2, 0.25) is 0 Å². The van der Waals surface area contributed by atoms with Crippen molar-refractivity contribution in [3.8, 4) is 5.75 Å². The van der Waals surface area contributed by atoms with Crippen LogP contribution in [-0.2, 0) is 0 Å². The zero-order valence-corrected chi connectivity index (χ0v) is 10.6. The number of hydrogen-bond acceptors (Lipinski definition) is 3. The van der Waals surface area contributed by atoms with E-state index in [9.17, 15) is 19.4 Å². The van der Waals surface area contributed by atoms with Crippen LogP contribution in [0.5, 0.6) is 5.75 Å². The van der Waals surface area contributed by atoms with E-state index in [0.717, 1.165) is 6.07 Å². The number of aliphatic hydroxyl groups excluding tert-OH is 1. The van der Waals surface area contributed by atoms with Gasteiger partial charge in [0.1, 0.15) is 17.1 Å². The van der Waals surface area contributed by atoms with Crippen molar-refractivity contribution in [2.24, 2.45) is 0 Å². The summed E-state index contributed by atoms with van der Waals surface area (Å²) in [6.07, 6.45) is 0. The first kappa shape index (κ1) is 14.0. The molecular formula is C15H14FNO3. The molecule has 2 aromatic carbocycles. The molecule has 0 spiro atoms. The second-order valence-electron chi connectivity index (χ2n) is 4.25. The number of phenols is 1. The lowest BCUT2D eigenvalue weighted by Gasteiger charge is -2.17. The summed E-state index contributed by atoms with van der Waals surface area (Å²) in [7, 11) is 0. The molecule has 0 aliphatic carbocycles. The molecular weight excluding hydrogens is 261 g/mol. The molecule has 2 rings (SSSR count). The van der Waals surface area contributed by atoms with Gasteiger partial charge >= 0.3 is 0 Å². The molecule has 0 bridgehead atoms. The highest BCUT2D eigenvalue weighted by Gasteiger charge is 2.20. The Balaban J connectivity index is 2.22. The molecule has 20 heavy (non-hydrogen) atoms. The van der Waals surface area contributed by atoms with Crippen molar-refractivity contribution >= 4 is 5.91 Å². The van der Waals surface area contributed by atoms with Crippen molar-refractivity contribution in [1.82, 2.24) is 5.32 Å². The standard InChI is InChI=1S/C15H14FNO3/c16-11-7-4-8-13(19)14(11)15(20)17-12(9-18)10-5-2-1-3-6-10/h1-8,12,18-19H,9H2,(H,17,20)/t12-/m0/s1. The van der Waals surface area contributed by atoms with Gasteiger partial charge in [0.05, 0.1) is 12.6 Å². The fraction of sp³-hybridized carbons (Fsp3) is 0.133. The molecule has 104 valence electrons. The fourth-order valence-electron chi connectivity index (χ4n) is 1.89. The first-order chi connectivity index (χ1) is 9.63. The maximum Gasteiger partial charge on any atom is 0.258 e. The first-order valence-corrected chi connectivity index (χ1v) is 6.07. The van der Waals surface area contributed by atoms with Gasteiger partial charge in [-0.2, -0.15) is 0 Å². The van der Waals surface area contributed by atoms with Crippen LogP contribution in [-0.4, -0.2) is 22.7 Å². The minimum absolute atomic E-state index is 0.328. The van der Waals surface area contributed by atoms with Crippen LogP contribution in [0.25, 0.3) is 0 Å². The molecule has 5 heteroatoms. The average molecular weight is 275 g/mol. The van der Waals surface area contributed by atoms with Crippen molar-refractivity contribution in [3.63, 3.8) is 0 Å². The van der Waals surface area contributed by atoms with Gasteiger partial charge in [-0.25, -0.2) is 4.39 Å².